The van der Waals surface area contributed by atoms with Crippen LogP contribution in [-0.2, 0) is 4.74 Å². The number of amides is 1. The summed E-state index contributed by atoms with van der Waals surface area (Å²) in [4.78, 5) is 10.5. The van der Waals surface area contributed by atoms with Gasteiger partial charge in [-0.2, -0.15) is 5.10 Å². The highest BCUT2D eigenvalue weighted by atomic mass is 16.5. The highest BCUT2D eigenvalue weighted by Gasteiger charge is 1.93. The molecule has 0 radical (unpaired) electrons. The van der Waals surface area contributed by atoms with E-state index in [9.17, 15) is 4.79 Å². The second-order valence-corrected chi connectivity index (χ2v) is 1.55. The minimum absolute atomic E-state index is 0.369. The molecule has 0 atom stereocenters. The minimum Gasteiger partial charge on any atom is -0.449 e. The molecule has 10 heavy (non-hydrogen) atoms. The number of hydrazone groups is 1. The highest BCUT2D eigenvalue weighted by Crippen LogP contribution is 1.75. The van der Waals surface area contributed by atoms with E-state index in [0.29, 0.717) is 6.61 Å². The van der Waals surface area contributed by atoms with Crippen molar-refractivity contribution in [2.45, 2.75) is 20.3 Å². The fourth-order valence-electron chi connectivity index (χ4n) is 0.353. The largest absolute Gasteiger partial charge is 0.449 e. The van der Waals surface area contributed by atoms with Gasteiger partial charge in [0.2, 0.25) is 0 Å². The van der Waals surface area contributed by atoms with Gasteiger partial charge in [-0.05, 0) is 13.3 Å². The molecule has 0 bridgehead atoms. The normalized spacial score (nSPS) is 9.80. The summed E-state index contributed by atoms with van der Waals surface area (Å²) in [7, 11) is 0. The molecule has 0 aliphatic rings. The van der Waals surface area contributed by atoms with Crippen molar-refractivity contribution in [3.63, 3.8) is 0 Å². The van der Waals surface area contributed by atoms with Crippen molar-refractivity contribution in [2.75, 3.05) is 6.61 Å². The van der Waals surface area contributed by atoms with E-state index in [2.05, 4.69) is 15.3 Å². The molecule has 4 nitrogen and oxygen atoms in total. The van der Waals surface area contributed by atoms with Gasteiger partial charge in [0.25, 0.3) is 0 Å². The third-order valence-electron chi connectivity index (χ3n) is 0.705. The van der Waals surface area contributed by atoms with Gasteiger partial charge in [0.15, 0.2) is 0 Å². The Hall–Kier alpha value is -1.06. The van der Waals surface area contributed by atoms with E-state index in [4.69, 9.17) is 0 Å². The SMILES string of the molecule is CCC=NNC(=O)OCC. The first kappa shape index (κ1) is 8.94. The molecular weight excluding hydrogens is 132 g/mol. The van der Waals surface area contributed by atoms with E-state index in [1.807, 2.05) is 6.92 Å². The molecule has 0 rings (SSSR count). The van der Waals surface area contributed by atoms with Crippen LogP contribution in [0.15, 0.2) is 5.10 Å². The molecule has 0 heterocycles. The van der Waals surface area contributed by atoms with Crippen molar-refractivity contribution in [1.82, 2.24) is 5.43 Å². The molecule has 0 saturated carbocycles. The molecular formula is C6H12N2O2. The number of hydrogen-bond donors (Lipinski definition) is 1. The average molecular weight is 144 g/mol. The fourth-order valence-corrected chi connectivity index (χ4v) is 0.353. The zero-order valence-corrected chi connectivity index (χ0v) is 6.26. The molecule has 0 aliphatic carbocycles. The summed E-state index contributed by atoms with van der Waals surface area (Å²) in [5, 5.41) is 3.56. The first-order valence-electron chi connectivity index (χ1n) is 3.25. The standard InChI is InChI=1S/C6H12N2O2/c1-3-5-7-8-6(9)10-4-2/h5H,3-4H2,1-2H3,(H,8,9). The van der Waals surface area contributed by atoms with Crippen molar-refractivity contribution in [3.05, 3.63) is 0 Å². The molecule has 0 saturated heterocycles. The van der Waals surface area contributed by atoms with Crippen LogP contribution >= 0.6 is 0 Å². The summed E-state index contributed by atoms with van der Waals surface area (Å²) in [6, 6.07) is 0. The molecule has 0 fully saturated rings. The predicted octanol–water partition coefficient (Wildman–Crippen LogP) is 1.13. The molecule has 1 amide bonds. The second-order valence-electron chi connectivity index (χ2n) is 1.55. The van der Waals surface area contributed by atoms with Crippen LogP contribution in [0.3, 0.4) is 0 Å². The van der Waals surface area contributed by atoms with Gasteiger partial charge in [-0.15, -0.1) is 0 Å². The van der Waals surface area contributed by atoms with Gasteiger partial charge in [-0.25, -0.2) is 10.2 Å². The maximum absolute atomic E-state index is 10.5. The topological polar surface area (TPSA) is 50.7 Å². The van der Waals surface area contributed by atoms with Gasteiger partial charge in [0, 0.05) is 6.21 Å². The van der Waals surface area contributed by atoms with E-state index >= 15 is 0 Å². The summed E-state index contributed by atoms with van der Waals surface area (Å²) in [5.41, 5.74) is 2.19. The summed E-state index contributed by atoms with van der Waals surface area (Å²) < 4.78 is 4.52. The molecule has 58 valence electrons. The predicted molar refractivity (Wildman–Crippen MR) is 38.9 cm³/mol. The number of hydrogen-bond acceptors (Lipinski definition) is 3. The van der Waals surface area contributed by atoms with Crippen LogP contribution in [0.2, 0.25) is 0 Å². The van der Waals surface area contributed by atoms with Gasteiger partial charge in [0.05, 0.1) is 6.61 Å². The number of ether oxygens (including phenoxy) is 1. The lowest BCUT2D eigenvalue weighted by Gasteiger charge is -1.97. The number of nitrogens with one attached hydrogen (secondary N) is 1. The Bertz CT molecular complexity index is 123. The summed E-state index contributed by atoms with van der Waals surface area (Å²) in [6.07, 6.45) is 1.88. The van der Waals surface area contributed by atoms with Crippen LogP contribution in [0.4, 0.5) is 4.79 Å². The lowest BCUT2D eigenvalue weighted by molar-refractivity contribution is 0.152. The Labute approximate surface area is 60.3 Å². The quantitative estimate of drug-likeness (QED) is 0.476. The summed E-state index contributed by atoms with van der Waals surface area (Å²) in [5.74, 6) is 0. The molecule has 1 N–H and O–H groups in total. The van der Waals surface area contributed by atoms with Crippen LogP contribution in [0, 0.1) is 0 Å². The van der Waals surface area contributed by atoms with Crippen LogP contribution in [0.25, 0.3) is 0 Å². The molecule has 0 aromatic carbocycles. The minimum atomic E-state index is -0.507. The Morgan fingerprint density at radius 3 is 2.90 bits per heavy atom. The fraction of sp³-hybridized carbons (Fsp3) is 0.667. The number of carbonyl (C=O) groups is 1. The molecule has 4 heteroatoms. The maximum Gasteiger partial charge on any atom is 0.427 e. The van der Waals surface area contributed by atoms with Gasteiger partial charge in [0.1, 0.15) is 0 Å². The van der Waals surface area contributed by atoms with E-state index in [-0.39, 0.29) is 0 Å². The molecule has 0 aromatic rings. The van der Waals surface area contributed by atoms with Crippen LogP contribution in [0.5, 0.6) is 0 Å². The highest BCUT2D eigenvalue weighted by molar-refractivity contribution is 5.68. The third kappa shape index (κ3) is 5.08. The zero-order valence-electron chi connectivity index (χ0n) is 6.26. The zero-order chi connectivity index (χ0) is 7.82. The van der Waals surface area contributed by atoms with E-state index < -0.39 is 6.09 Å². The second kappa shape index (κ2) is 6.07. The molecule has 0 unspecified atom stereocenters. The van der Waals surface area contributed by atoms with Gasteiger partial charge in [-0.1, -0.05) is 6.92 Å². The molecule has 0 aliphatic heterocycles. The third-order valence-corrected chi connectivity index (χ3v) is 0.705. The number of rotatable bonds is 3. The Balaban J connectivity index is 3.30. The summed E-state index contributed by atoms with van der Waals surface area (Å²) in [6.45, 7) is 4.03. The van der Waals surface area contributed by atoms with E-state index in [0.717, 1.165) is 6.42 Å². The van der Waals surface area contributed by atoms with Crippen LogP contribution in [-0.4, -0.2) is 18.9 Å². The maximum atomic E-state index is 10.5. The van der Waals surface area contributed by atoms with E-state index in [1.165, 1.54) is 0 Å². The van der Waals surface area contributed by atoms with Crippen molar-refractivity contribution >= 4 is 12.3 Å². The van der Waals surface area contributed by atoms with Crippen LogP contribution < -0.4 is 5.43 Å². The van der Waals surface area contributed by atoms with Crippen molar-refractivity contribution in [3.8, 4) is 0 Å². The van der Waals surface area contributed by atoms with Crippen molar-refractivity contribution in [2.24, 2.45) is 5.10 Å². The van der Waals surface area contributed by atoms with Gasteiger partial charge >= 0.3 is 6.09 Å². The van der Waals surface area contributed by atoms with Gasteiger partial charge < -0.3 is 4.74 Å². The monoisotopic (exact) mass is 144 g/mol. The van der Waals surface area contributed by atoms with E-state index in [1.54, 1.807) is 13.1 Å². The lowest BCUT2D eigenvalue weighted by Crippen LogP contribution is -2.18. The Kier molecular flexibility index (Phi) is 5.42. The lowest BCUT2D eigenvalue weighted by atomic mass is 10.6. The number of carbonyl (C=O) groups excluding carboxylic acids is 1. The first-order chi connectivity index (χ1) is 4.81. The van der Waals surface area contributed by atoms with Crippen molar-refractivity contribution < 1.29 is 9.53 Å². The van der Waals surface area contributed by atoms with Crippen LogP contribution in [0.1, 0.15) is 20.3 Å². The van der Waals surface area contributed by atoms with Gasteiger partial charge in [-0.3, -0.25) is 0 Å². The Morgan fingerprint density at radius 1 is 1.70 bits per heavy atom. The number of nitrogens with zero attached hydrogens (tertiary/aromatic N) is 1. The summed E-state index contributed by atoms with van der Waals surface area (Å²) >= 11 is 0. The average Bonchev–Trinajstić information content (AvgIpc) is 1.89. The molecule has 0 aromatic heterocycles. The smallest absolute Gasteiger partial charge is 0.427 e. The van der Waals surface area contributed by atoms with Crippen molar-refractivity contribution in [1.29, 1.82) is 0 Å². The molecule has 0 spiro atoms. The Morgan fingerprint density at radius 2 is 2.40 bits per heavy atom. The first-order valence-corrected chi connectivity index (χ1v) is 3.25.